The Balaban J connectivity index is 1.94. The van der Waals surface area contributed by atoms with Crippen molar-refractivity contribution in [1.82, 2.24) is 0 Å². The van der Waals surface area contributed by atoms with Crippen LogP contribution in [0.25, 0.3) is 10.9 Å². The van der Waals surface area contributed by atoms with Gasteiger partial charge >= 0.3 is 0 Å². The molecule has 0 bridgehead atoms. The van der Waals surface area contributed by atoms with Crippen LogP contribution in [0.3, 0.4) is 0 Å². The van der Waals surface area contributed by atoms with Gasteiger partial charge in [0.2, 0.25) is 12.3 Å². The van der Waals surface area contributed by atoms with Crippen LogP contribution in [0.5, 0.6) is 11.5 Å². The van der Waals surface area contributed by atoms with Crippen LogP contribution in [-0.2, 0) is 6.54 Å². The molecule has 4 heteroatoms. The Bertz CT molecular complexity index is 820. The zero-order chi connectivity index (χ0) is 15.5. The zero-order valence-electron chi connectivity index (χ0n) is 12.2. The number of ketones is 1. The summed E-state index contributed by atoms with van der Waals surface area (Å²) >= 11 is 0. The van der Waals surface area contributed by atoms with Crippen LogP contribution in [0, 0.1) is 0 Å². The second-order valence-electron chi connectivity index (χ2n) is 5.00. The van der Waals surface area contributed by atoms with Gasteiger partial charge in [-0.2, -0.15) is 4.57 Å². The molecule has 2 aromatic carbocycles. The van der Waals surface area contributed by atoms with E-state index in [9.17, 15) is 9.90 Å². The lowest BCUT2D eigenvalue weighted by molar-refractivity contribution is -0.657. The summed E-state index contributed by atoms with van der Waals surface area (Å²) in [6.07, 6.45) is 1.80. The highest BCUT2D eigenvalue weighted by molar-refractivity contribution is 5.95. The van der Waals surface area contributed by atoms with E-state index in [4.69, 9.17) is 4.74 Å². The van der Waals surface area contributed by atoms with E-state index in [1.807, 2.05) is 18.2 Å². The lowest BCUT2D eigenvalue weighted by atomic mass is 10.1. The number of ether oxygens (including phenoxy) is 1. The number of rotatable bonds is 4. The summed E-state index contributed by atoms with van der Waals surface area (Å²) in [5, 5.41) is 10.9. The maximum Gasteiger partial charge on any atom is 0.255 e. The molecule has 1 aromatic heterocycles. The molecule has 0 aliphatic heterocycles. The monoisotopic (exact) mass is 294 g/mol. The summed E-state index contributed by atoms with van der Waals surface area (Å²) in [6, 6.07) is 16.1. The zero-order valence-corrected chi connectivity index (χ0v) is 12.2. The maximum absolute atomic E-state index is 12.4. The smallest absolute Gasteiger partial charge is 0.255 e. The number of phenols is 1. The van der Waals surface area contributed by atoms with Gasteiger partial charge in [0.25, 0.3) is 5.52 Å². The molecule has 0 radical (unpaired) electrons. The van der Waals surface area contributed by atoms with E-state index in [0.29, 0.717) is 16.8 Å². The van der Waals surface area contributed by atoms with Gasteiger partial charge in [0, 0.05) is 11.6 Å². The molecule has 0 aliphatic rings. The van der Waals surface area contributed by atoms with Crippen LogP contribution in [0.1, 0.15) is 10.4 Å². The number of fused-ring (bicyclic) bond motifs is 1. The van der Waals surface area contributed by atoms with Gasteiger partial charge in [0.15, 0.2) is 11.9 Å². The first-order valence-corrected chi connectivity index (χ1v) is 6.96. The summed E-state index contributed by atoms with van der Waals surface area (Å²) in [6.45, 7) is 0.168. The first-order chi connectivity index (χ1) is 10.7. The summed E-state index contributed by atoms with van der Waals surface area (Å²) in [5.74, 6) is 0.857. The number of aromatic hydroxyl groups is 1. The minimum Gasteiger partial charge on any atom is -0.502 e. The number of pyridine rings is 1. The average molecular weight is 294 g/mol. The largest absolute Gasteiger partial charge is 0.502 e. The van der Waals surface area contributed by atoms with Crippen LogP contribution in [0.15, 0.2) is 60.8 Å². The lowest BCUT2D eigenvalue weighted by Crippen LogP contribution is -2.38. The van der Waals surface area contributed by atoms with E-state index < -0.39 is 0 Å². The molecule has 1 N–H and O–H groups in total. The summed E-state index contributed by atoms with van der Waals surface area (Å²) < 4.78 is 6.85. The molecule has 4 nitrogen and oxygen atoms in total. The van der Waals surface area contributed by atoms with Crippen molar-refractivity contribution in [3.8, 4) is 11.5 Å². The van der Waals surface area contributed by atoms with Gasteiger partial charge < -0.3 is 9.84 Å². The quantitative estimate of drug-likeness (QED) is 0.594. The van der Waals surface area contributed by atoms with Gasteiger partial charge in [0.1, 0.15) is 5.75 Å². The number of Topliss-reactive ketones (excluding diaryl/α,β-unsaturated/α-hetero) is 1. The van der Waals surface area contributed by atoms with Crippen molar-refractivity contribution in [3.05, 3.63) is 66.4 Å². The van der Waals surface area contributed by atoms with Gasteiger partial charge in [-0.05, 0) is 42.5 Å². The van der Waals surface area contributed by atoms with Crippen molar-refractivity contribution < 1.29 is 19.2 Å². The molecule has 22 heavy (non-hydrogen) atoms. The van der Waals surface area contributed by atoms with Crippen molar-refractivity contribution in [1.29, 1.82) is 0 Å². The Hall–Kier alpha value is -2.88. The van der Waals surface area contributed by atoms with Gasteiger partial charge in [-0.15, -0.1) is 0 Å². The highest BCUT2D eigenvalue weighted by atomic mass is 16.5. The highest BCUT2D eigenvalue weighted by Gasteiger charge is 2.17. The summed E-state index contributed by atoms with van der Waals surface area (Å²) in [4.78, 5) is 12.4. The molecule has 0 fully saturated rings. The van der Waals surface area contributed by atoms with Crippen molar-refractivity contribution in [2.75, 3.05) is 7.11 Å². The molecule has 1 heterocycles. The van der Waals surface area contributed by atoms with E-state index in [1.165, 1.54) is 0 Å². The summed E-state index contributed by atoms with van der Waals surface area (Å²) in [7, 11) is 1.59. The normalized spacial score (nSPS) is 10.6. The van der Waals surface area contributed by atoms with E-state index in [2.05, 4.69) is 0 Å². The number of aromatic nitrogens is 1. The number of carbonyl (C=O) groups is 1. The third kappa shape index (κ3) is 2.63. The predicted octanol–water partition coefficient (Wildman–Crippen LogP) is 2.72. The molecule has 0 atom stereocenters. The number of para-hydroxylation sites is 1. The van der Waals surface area contributed by atoms with Crippen LogP contribution in [-0.4, -0.2) is 18.0 Å². The summed E-state index contributed by atoms with van der Waals surface area (Å²) in [5.41, 5.74) is 1.27. The lowest BCUT2D eigenvalue weighted by Gasteiger charge is -2.04. The molecule has 0 spiro atoms. The van der Waals surface area contributed by atoms with E-state index in [1.54, 1.807) is 54.3 Å². The van der Waals surface area contributed by atoms with Gasteiger partial charge in [-0.1, -0.05) is 6.07 Å². The van der Waals surface area contributed by atoms with Crippen LogP contribution < -0.4 is 9.30 Å². The number of methoxy groups -OCH3 is 1. The molecule has 3 rings (SSSR count). The number of carbonyl (C=O) groups excluding carboxylic acids is 1. The number of benzene rings is 2. The molecule has 3 aromatic rings. The third-order valence-corrected chi connectivity index (χ3v) is 3.60. The van der Waals surface area contributed by atoms with Gasteiger partial charge in [0.05, 0.1) is 12.5 Å². The Kier molecular flexibility index (Phi) is 3.74. The SMILES string of the molecule is COc1ccc(C(=O)C[n+]2cccc3cccc(O)c32)cc1. The Morgan fingerprint density at radius 3 is 2.55 bits per heavy atom. The first-order valence-electron chi connectivity index (χ1n) is 6.96. The van der Waals surface area contributed by atoms with Gasteiger partial charge in [-0.3, -0.25) is 4.79 Å². The van der Waals surface area contributed by atoms with Crippen molar-refractivity contribution in [2.24, 2.45) is 0 Å². The molecular weight excluding hydrogens is 278 g/mol. The Morgan fingerprint density at radius 2 is 1.82 bits per heavy atom. The maximum atomic E-state index is 12.4. The number of nitrogens with zero attached hydrogens (tertiary/aromatic N) is 1. The van der Waals surface area contributed by atoms with Crippen LogP contribution >= 0.6 is 0 Å². The third-order valence-electron chi connectivity index (χ3n) is 3.60. The minimum absolute atomic E-state index is 0.0246. The standard InChI is InChI=1S/C18H15NO3/c1-22-15-9-7-13(8-10-15)17(21)12-19-11-3-5-14-4-2-6-16(20)18(14)19/h2-11H,12H2,1H3/p+1. The van der Waals surface area contributed by atoms with Crippen molar-refractivity contribution >= 4 is 16.7 Å². The fraction of sp³-hybridized carbons (Fsp3) is 0.111. The Labute approximate surface area is 128 Å². The first kappa shape index (κ1) is 14.1. The molecular formula is C18H16NO3+. The molecule has 0 unspecified atom stereocenters. The molecule has 0 aliphatic carbocycles. The van der Waals surface area contributed by atoms with Gasteiger partial charge in [-0.25, -0.2) is 0 Å². The van der Waals surface area contributed by atoms with E-state index >= 15 is 0 Å². The van der Waals surface area contributed by atoms with Crippen molar-refractivity contribution in [2.45, 2.75) is 6.54 Å². The van der Waals surface area contributed by atoms with E-state index in [0.717, 1.165) is 5.39 Å². The predicted molar refractivity (Wildman–Crippen MR) is 83.1 cm³/mol. The fourth-order valence-corrected chi connectivity index (χ4v) is 2.48. The minimum atomic E-state index is -0.0246. The topological polar surface area (TPSA) is 50.4 Å². The Morgan fingerprint density at radius 1 is 1.09 bits per heavy atom. The second kappa shape index (κ2) is 5.85. The molecule has 0 amide bonds. The number of phenolic OH excluding ortho intramolecular Hbond substituents is 1. The average Bonchev–Trinajstić information content (AvgIpc) is 2.55. The van der Waals surface area contributed by atoms with Crippen molar-refractivity contribution in [3.63, 3.8) is 0 Å². The van der Waals surface area contributed by atoms with E-state index in [-0.39, 0.29) is 18.1 Å². The highest BCUT2D eigenvalue weighted by Crippen LogP contribution is 2.20. The fourth-order valence-electron chi connectivity index (χ4n) is 2.48. The van der Waals surface area contributed by atoms with Crippen LogP contribution in [0.4, 0.5) is 0 Å². The molecule has 0 saturated carbocycles. The number of hydrogen-bond donors (Lipinski definition) is 1. The molecule has 0 saturated heterocycles. The second-order valence-corrected chi connectivity index (χ2v) is 5.00. The number of hydrogen-bond acceptors (Lipinski definition) is 3. The van der Waals surface area contributed by atoms with Crippen LogP contribution in [0.2, 0.25) is 0 Å². The molecule has 110 valence electrons.